The smallest absolute Gasteiger partial charge is 0.335 e. The van der Waals surface area contributed by atoms with Crippen LogP contribution in [0.2, 0.25) is 0 Å². The lowest BCUT2D eigenvalue weighted by Gasteiger charge is -2.26. The molecule has 0 bridgehead atoms. The van der Waals surface area contributed by atoms with Gasteiger partial charge in [-0.15, -0.1) is 11.8 Å². The van der Waals surface area contributed by atoms with Crippen molar-refractivity contribution in [2.75, 3.05) is 17.2 Å². The number of carboxylic acid groups (broad SMARTS) is 1. The standard InChI is InChI=1S/C15H17NO3S/c17-14(13-3-1-2-8-20-13)16-7-6-10-4-5-11(15(18)19)9-12(10)16/h4-5,9,13H,1-3,6-8H2,(H,18,19). The van der Waals surface area contributed by atoms with Crippen LogP contribution in [0.3, 0.4) is 0 Å². The number of hydrogen-bond donors (Lipinski definition) is 1. The predicted octanol–water partition coefficient (Wildman–Crippen LogP) is 2.56. The van der Waals surface area contributed by atoms with E-state index in [1.165, 1.54) is 6.42 Å². The zero-order valence-corrected chi connectivity index (χ0v) is 12.0. The molecule has 2 aliphatic heterocycles. The average Bonchev–Trinajstić information content (AvgIpc) is 2.90. The molecule has 3 rings (SSSR count). The summed E-state index contributed by atoms with van der Waals surface area (Å²) < 4.78 is 0. The predicted molar refractivity (Wildman–Crippen MR) is 79.6 cm³/mol. The Morgan fingerprint density at radius 2 is 2.15 bits per heavy atom. The minimum atomic E-state index is -0.945. The first-order valence-corrected chi connectivity index (χ1v) is 8.01. The van der Waals surface area contributed by atoms with Crippen molar-refractivity contribution in [3.05, 3.63) is 29.3 Å². The van der Waals surface area contributed by atoms with Crippen LogP contribution in [0.5, 0.6) is 0 Å². The van der Waals surface area contributed by atoms with Gasteiger partial charge in [0.15, 0.2) is 0 Å². The Morgan fingerprint density at radius 3 is 2.85 bits per heavy atom. The molecule has 1 N–H and O–H groups in total. The van der Waals surface area contributed by atoms with Crippen molar-refractivity contribution in [3.63, 3.8) is 0 Å². The fraction of sp³-hybridized carbons (Fsp3) is 0.467. The largest absolute Gasteiger partial charge is 0.478 e. The van der Waals surface area contributed by atoms with Crippen LogP contribution < -0.4 is 4.90 Å². The molecular formula is C15H17NO3S. The number of carbonyl (C=O) groups excluding carboxylic acids is 1. The highest BCUT2D eigenvalue weighted by Crippen LogP contribution is 2.33. The number of benzene rings is 1. The third kappa shape index (κ3) is 2.42. The lowest BCUT2D eigenvalue weighted by molar-refractivity contribution is -0.118. The van der Waals surface area contributed by atoms with Gasteiger partial charge in [0, 0.05) is 12.2 Å². The highest BCUT2D eigenvalue weighted by molar-refractivity contribution is 8.00. The van der Waals surface area contributed by atoms with Gasteiger partial charge in [-0.1, -0.05) is 12.5 Å². The molecule has 0 aromatic heterocycles. The number of fused-ring (bicyclic) bond motifs is 1. The normalized spacial score (nSPS) is 21.6. The first-order chi connectivity index (χ1) is 9.66. The van der Waals surface area contributed by atoms with Crippen molar-refractivity contribution in [2.24, 2.45) is 0 Å². The molecule has 1 saturated heterocycles. The summed E-state index contributed by atoms with van der Waals surface area (Å²) in [5.41, 5.74) is 2.12. The van der Waals surface area contributed by atoms with Gasteiger partial charge in [-0.2, -0.15) is 0 Å². The number of amides is 1. The van der Waals surface area contributed by atoms with Gasteiger partial charge in [0.2, 0.25) is 5.91 Å². The molecule has 1 amide bonds. The highest BCUT2D eigenvalue weighted by Gasteiger charge is 2.31. The van der Waals surface area contributed by atoms with Gasteiger partial charge < -0.3 is 10.0 Å². The third-order valence-electron chi connectivity index (χ3n) is 3.95. The number of carbonyl (C=O) groups is 2. The van der Waals surface area contributed by atoms with Crippen LogP contribution in [0.15, 0.2) is 18.2 Å². The molecule has 2 heterocycles. The number of anilines is 1. The second kappa shape index (κ2) is 5.48. The van der Waals surface area contributed by atoms with Crippen molar-refractivity contribution in [1.82, 2.24) is 0 Å². The SMILES string of the molecule is O=C(O)c1ccc2c(c1)N(C(=O)C1CCCCS1)CC2. The molecule has 0 saturated carbocycles. The molecule has 20 heavy (non-hydrogen) atoms. The Kier molecular flexibility index (Phi) is 3.70. The monoisotopic (exact) mass is 291 g/mol. The molecule has 4 nitrogen and oxygen atoms in total. The van der Waals surface area contributed by atoms with Crippen LogP contribution in [0.4, 0.5) is 5.69 Å². The number of nitrogens with zero attached hydrogens (tertiary/aromatic N) is 1. The summed E-state index contributed by atoms with van der Waals surface area (Å²) in [6.07, 6.45) is 4.06. The number of aromatic carboxylic acids is 1. The van der Waals surface area contributed by atoms with Crippen molar-refractivity contribution in [2.45, 2.75) is 30.9 Å². The quantitative estimate of drug-likeness (QED) is 0.910. The molecule has 0 spiro atoms. The van der Waals surface area contributed by atoms with Gasteiger partial charge in [0.1, 0.15) is 0 Å². The van der Waals surface area contributed by atoms with Crippen LogP contribution in [0.1, 0.15) is 35.2 Å². The Bertz CT molecular complexity index is 552. The fourth-order valence-corrected chi connectivity index (χ4v) is 4.11. The summed E-state index contributed by atoms with van der Waals surface area (Å²) in [6, 6.07) is 5.08. The van der Waals surface area contributed by atoms with Gasteiger partial charge in [0.25, 0.3) is 0 Å². The van der Waals surface area contributed by atoms with Crippen LogP contribution >= 0.6 is 11.8 Å². The first-order valence-electron chi connectivity index (χ1n) is 6.96. The molecule has 1 atom stereocenters. The van der Waals surface area contributed by atoms with Crippen LogP contribution in [0.25, 0.3) is 0 Å². The van der Waals surface area contributed by atoms with Gasteiger partial charge in [-0.25, -0.2) is 4.79 Å². The van der Waals surface area contributed by atoms with E-state index in [1.807, 2.05) is 6.07 Å². The molecule has 1 aromatic rings. The third-order valence-corrected chi connectivity index (χ3v) is 5.31. The average molecular weight is 291 g/mol. The Morgan fingerprint density at radius 1 is 1.30 bits per heavy atom. The second-order valence-electron chi connectivity index (χ2n) is 5.24. The summed E-state index contributed by atoms with van der Waals surface area (Å²) in [5, 5.41) is 9.13. The van der Waals surface area contributed by atoms with Crippen LogP contribution in [0, 0.1) is 0 Å². The van der Waals surface area contributed by atoms with Gasteiger partial charge in [-0.3, -0.25) is 4.79 Å². The topological polar surface area (TPSA) is 57.6 Å². The maximum Gasteiger partial charge on any atom is 0.335 e. The van der Waals surface area contributed by atoms with E-state index in [0.717, 1.165) is 36.3 Å². The number of carboxylic acids is 1. The summed E-state index contributed by atoms with van der Waals surface area (Å²) >= 11 is 1.74. The van der Waals surface area contributed by atoms with E-state index in [1.54, 1.807) is 28.8 Å². The van der Waals surface area contributed by atoms with Gasteiger partial charge >= 0.3 is 5.97 Å². The summed E-state index contributed by atoms with van der Waals surface area (Å²) in [6.45, 7) is 0.675. The first kappa shape index (κ1) is 13.5. The van der Waals surface area contributed by atoms with Crippen molar-refractivity contribution in [3.8, 4) is 0 Å². The number of thioether (sulfide) groups is 1. The van der Waals surface area contributed by atoms with E-state index in [2.05, 4.69) is 0 Å². The molecule has 1 unspecified atom stereocenters. The Hall–Kier alpha value is -1.49. The maximum atomic E-state index is 12.6. The van der Waals surface area contributed by atoms with Crippen LogP contribution in [-0.2, 0) is 11.2 Å². The van der Waals surface area contributed by atoms with Gasteiger partial charge in [0.05, 0.1) is 10.8 Å². The fourth-order valence-electron chi connectivity index (χ4n) is 2.85. The van der Waals surface area contributed by atoms with E-state index in [0.29, 0.717) is 6.54 Å². The van der Waals surface area contributed by atoms with Gasteiger partial charge in [-0.05, 0) is 42.7 Å². The second-order valence-corrected chi connectivity index (χ2v) is 6.55. The van der Waals surface area contributed by atoms with E-state index >= 15 is 0 Å². The number of hydrogen-bond acceptors (Lipinski definition) is 3. The minimum absolute atomic E-state index is 0.0446. The summed E-state index contributed by atoms with van der Waals surface area (Å²) in [5.74, 6) is 0.252. The molecule has 1 aromatic carbocycles. The van der Waals surface area contributed by atoms with Crippen molar-refractivity contribution < 1.29 is 14.7 Å². The number of rotatable bonds is 2. The highest BCUT2D eigenvalue weighted by atomic mass is 32.2. The molecule has 1 fully saturated rings. The van der Waals surface area contributed by atoms with E-state index in [4.69, 9.17) is 5.11 Å². The Labute approximate surface area is 122 Å². The molecule has 5 heteroatoms. The minimum Gasteiger partial charge on any atom is -0.478 e. The van der Waals surface area contributed by atoms with E-state index in [-0.39, 0.29) is 16.7 Å². The van der Waals surface area contributed by atoms with Crippen LogP contribution in [-0.4, -0.2) is 34.5 Å². The zero-order chi connectivity index (χ0) is 14.1. The lowest BCUT2D eigenvalue weighted by atomic mass is 10.1. The Balaban J connectivity index is 1.85. The zero-order valence-electron chi connectivity index (χ0n) is 11.2. The molecule has 2 aliphatic rings. The summed E-state index contributed by atoms with van der Waals surface area (Å²) in [4.78, 5) is 25.5. The maximum absolute atomic E-state index is 12.6. The van der Waals surface area contributed by atoms with Crippen molar-refractivity contribution >= 4 is 29.3 Å². The lowest BCUT2D eigenvalue weighted by Crippen LogP contribution is -2.37. The summed E-state index contributed by atoms with van der Waals surface area (Å²) in [7, 11) is 0. The molecule has 106 valence electrons. The van der Waals surface area contributed by atoms with E-state index < -0.39 is 5.97 Å². The van der Waals surface area contributed by atoms with E-state index in [9.17, 15) is 9.59 Å². The molecule has 0 aliphatic carbocycles. The molecular weight excluding hydrogens is 274 g/mol. The van der Waals surface area contributed by atoms with Crippen molar-refractivity contribution in [1.29, 1.82) is 0 Å². The molecule has 0 radical (unpaired) electrons.